The molecule has 0 unspecified atom stereocenters. The molecule has 1 N–H and O–H groups in total. The quantitative estimate of drug-likeness (QED) is 0.905. The van der Waals surface area contributed by atoms with Gasteiger partial charge in [-0.3, -0.25) is 0 Å². The van der Waals surface area contributed by atoms with Crippen LogP contribution in [0.3, 0.4) is 0 Å². The molecule has 4 heteroatoms. The van der Waals surface area contributed by atoms with Gasteiger partial charge < -0.3 is 4.98 Å². The smallest absolute Gasteiger partial charge is 0.117 e. The van der Waals surface area contributed by atoms with Crippen LogP contribution in [0.1, 0.15) is 11.4 Å². The van der Waals surface area contributed by atoms with Crippen molar-refractivity contribution in [1.29, 1.82) is 0 Å². The molecular weight excluding hydrogens is 260 g/mol. The second-order valence-electron chi connectivity index (χ2n) is 3.24. The summed E-state index contributed by atoms with van der Waals surface area (Å²) in [6.45, 7) is 2.08. The lowest BCUT2D eigenvalue weighted by molar-refractivity contribution is 1.14. The summed E-state index contributed by atoms with van der Waals surface area (Å²) in [5.41, 5.74) is 3.40. The number of benzene rings is 1. The molecule has 0 aliphatic carbocycles. The van der Waals surface area contributed by atoms with Gasteiger partial charge in [0.05, 0.1) is 16.8 Å². The van der Waals surface area contributed by atoms with Crippen molar-refractivity contribution in [1.82, 2.24) is 9.97 Å². The second-order valence-corrected chi connectivity index (χ2v) is 5.02. The van der Waals surface area contributed by atoms with E-state index in [0.29, 0.717) is 0 Å². The van der Waals surface area contributed by atoms with Crippen molar-refractivity contribution >= 4 is 38.7 Å². The number of thioether (sulfide) groups is 1. The Morgan fingerprint density at radius 2 is 2.29 bits per heavy atom. The molecule has 0 fully saturated rings. The van der Waals surface area contributed by atoms with Crippen molar-refractivity contribution < 1.29 is 0 Å². The molecule has 0 saturated heterocycles. The summed E-state index contributed by atoms with van der Waals surface area (Å²) < 4.78 is 1.10. The number of imidazole rings is 1. The Morgan fingerprint density at radius 1 is 1.50 bits per heavy atom. The van der Waals surface area contributed by atoms with Crippen molar-refractivity contribution in [2.45, 2.75) is 12.7 Å². The van der Waals surface area contributed by atoms with E-state index < -0.39 is 0 Å². The molecule has 0 aliphatic heterocycles. The SMILES string of the molecule is CSCc1nc2c(C)cc(Br)cc2[nH]1. The summed E-state index contributed by atoms with van der Waals surface area (Å²) in [4.78, 5) is 7.86. The first kappa shape index (κ1) is 10.1. The summed E-state index contributed by atoms with van der Waals surface area (Å²) in [6, 6.07) is 4.16. The average Bonchev–Trinajstić information content (AvgIpc) is 2.48. The highest BCUT2D eigenvalue weighted by Crippen LogP contribution is 2.22. The highest BCUT2D eigenvalue weighted by Gasteiger charge is 2.05. The molecule has 2 nitrogen and oxygen atoms in total. The number of fused-ring (bicyclic) bond motifs is 1. The molecule has 0 atom stereocenters. The standard InChI is InChI=1S/C10H11BrN2S/c1-6-3-7(11)4-8-10(6)13-9(12-8)5-14-2/h3-4H,5H2,1-2H3,(H,12,13). The van der Waals surface area contributed by atoms with Crippen LogP contribution >= 0.6 is 27.7 Å². The van der Waals surface area contributed by atoms with Crippen LogP contribution in [0.15, 0.2) is 16.6 Å². The maximum atomic E-state index is 4.55. The normalized spacial score (nSPS) is 11.1. The molecule has 1 aromatic heterocycles. The Kier molecular flexibility index (Phi) is 2.83. The van der Waals surface area contributed by atoms with Crippen molar-refractivity contribution in [3.05, 3.63) is 28.0 Å². The minimum atomic E-state index is 0.936. The molecule has 0 radical (unpaired) electrons. The number of aromatic amines is 1. The highest BCUT2D eigenvalue weighted by atomic mass is 79.9. The van der Waals surface area contributed by atoms with E-state index in [1.54, 1.807) is 11.8 Å². The molecule has 1 aromatic carbocycles. The molecule has 14 heavy (non-hydrogen) atoms. The highest BCUT2D eigenvalue weighted by molar-refractivity contribution is 9.10. The largest absolute Gasteiger partial charge is 0.341 e. The maximum Gasteiger partial charge on any atom is 0.117 e. The molecule has 0 aliphatic rings. The minimum Gasteiger partial charge on any atom is -0.341 e. The molecule has 1 heterocycles. The van der Waals surface area contributed by atoms with Gasteiger partial charge in [-0.1, -0.05) is 15.9 Å². The molecule has 0 amide bonds. The van der Waals surface area contributed by atoms with Gasteiger partial charge in [-0.2, -0.15) is 11.8 Å². The van der Waals surface area contributed by atoms with Gasteiger partial charge in [0, 0.05) is 4.47 Å². The zero-order valence-electron chi connectivity index (χ0n) is 8.10. The fourth-order valence-electron chi connectivity index (χ4n) is 1.50. The van der Waals surface area contributed by atoms with Gasteiger partial charge in [-0.25, -0.2) is 4.98 Å². The van der Waals surface area contributed by atoms with E-state index in [4.69, 9.17) is 0 Å². The summed E-state index contributed by atoms with van der Waals surface area (Å²) in [5.74, 6) is 1.99. The number of H-pyrrole nitrogens is 1. The lowest BCUT2D eigenvalue weighted by atomic mass is 10.2. The lowest BCUT2D eigenvalue weighted by Crippen LogP contribution is -1.80. The number of hydrogen-bond donors (Lipinski definition) is 1. The van der Waals surface area contributed by atoms with E-state index in [0.717, 1.165) is 27.1 Å². The number of nitrogens with one attached hydrogen (secondary N) is 1. The summed E-state index contributed by atoms with van der Waals surface area (Å²) >= 11 is 5.25. The van der Waals surface area contributed by atoms with Gasteiger partial charge in [-0.15, -0.1) is 0 Å². The fourth-order valence-corrected chi connectivity index (χ4v) is 2.49. The van der Waals surface area contributed by atoms with Gasteiger partial charge >= 0.3 is 0 Å². The summed E-state index contributed by atoms with van der Waals surface area (Å²) in [7, 11) is 0. The number of rotatable bonds is 2. The average molecular weight is 271 g/mol. The zero-order valence-corrected chi connectivity index (χ0v) is 10.5. The number of aryl methyl sites for hydroxylation is 1. The van der Waals surface area contributed by atoms with Crippen molar-refractivity contribution in [3.8, 4) is 0 Å². The Bertz CT molecular complexity index is 464. The molecule has 2 rings (SSSR count). The molecule has 74 valence electrons. The van der Waals surface area contributed by atoms with Crippen molar-refractivity contribution in [2.24, 2.45) is 0 Å². The molecule has 2 aromatic rings. The molecule has 0 saturated carbocycles. The van der Waals surface area contributed by atoms with Gasteiger partial charge in [0.1, 0.15) is 5.82 Å². The van der Waals surface area contributed by atoms with E-state index in [2.05, 4.69) is 51.2 Å². The third kappa shape index (κ3) is 1.81. The maximum absolute atomic E-state index is 4.55. The lowest BCUT2D eigenvalue weighted by Gasteiger charge is -1.94. The minimum absolute atomic E-state index is 0.936. The molecule has 0 spiro atoms. The van der Waals surface area contributed by atoms with Gasteiger partial charge in [0.2, 0.25) is 0 Å². The number of aromatic nitrogens is 2. The Balaban J connectivity index is 2.58. The third-order valence-corrected chi connectivity index (χ3v) is 3.09. The zero-order chi connectivity index (χ0) is 10.1. The van der Waals surface area contributed by atoms with Gasteiger partial charge in [0.25, 0.3) is 0 Å². The Hall–Kier alpha value is -0.480. The Morgan fingerprint density at radius 3 is 3.00 bits per heavy atom. The second kappa shape index (κ2) is 3.95. The van der Waals surface area contributed by atoms with Crippen LogP contribution in [0.5, 0.6) is 0 Å². The summed E-state index contributed by atoms with van der Waals surface area (Å²) in [6.07, 6.45) is 2.08. The molecular formula is C10H11BrN2S. The summed E-state index contributed by atoms with van der Waals surface area (Å²) in [5, 5.41) is 0. The van der Waals surface area contributed by atoms with Gasteiger partial charge in [0.15, 0.2) is 0 Å². The van der Waals surface area contributed by atoms with E-state index in [9.17, 15) is 0 Å². The predicted octanol–water partition coefficient (Wildman–Crippen LogP) is 3.50. The van der Waals surface area contributed by atoms with E-state index in [1.165, 1.54) is 5.56 Å². The number of nitrogens with zero attached hydrogens (tertiary/aromatic N) is 1. The monoisotopic (exact) mass is 270 g/mol. The first-order valence-corrected chi connectivity index (χ1v) is 6.53. The first-order valence-electron chi connectivity index (χ1n) is 4.34. The van der Waals surface area contributed by atoms with Crippen molar-refractivity contribution in [3.63, 3.8) is 0 Å². The van der Waals surface area contributed by atoms with Gasteiger partial charge in [-0.05, 0) is 30.9 Å². The predicted molar refractivity (Wildman–Crippen MR) is 65.7 cm³/mol. The Labute approximate surface area is 95.6 Å². The van der Waals surface area contributed by atoms with E-state index >= 15 is 0 Å². The van der Waals surface area contributed by atoms with Crippen LogP contribution in [0.25, 0.3) is 11.0 Å². The van der Waals surface area contributed by atoms with E-state index in [-0.39, 0.29) is 0 Å². The fraction of sp³-hybridized carbons (Fsp3) is 0.300. The number of halogens is 1. The topological polar surface area (TPSA) is 28.7 Å². The van der Waals surface area contributed by atoms with Crippen LogP contribution in [-0.4, -0.2) is 16.2 Å². The number of hydrogen-bond acceptors (Lipinski definition) is 2. The van der Waals surface area contributed by atoms with Crippen LogP contribution < -0.4 is 0 Å². The van der Waals surface area contributed by atoms with Crippen LogP contribution in [0, 0.1) is 6.92 Å². The van der Waals surface area contributed by atoms with Crippen LogP contribution in [0.2, 0.25) is 0 Å². The van der Waals surface area contributed by atoms with Crippen LogP contribution in [-0.2, 0) is 5.75 Å². The third-order valence-electron chi connectivity index (χ3n) is 2.07. The van der Waals surface area contributed by atoms with Crippen LogP contribution in [0.4, 0.5) is 0 Å². The van der Waals surface area contributed by atoms with E-state index in [1.807, 2.05) is 0 Å². The molecule has 0 bridgehead atoms. The first-order chi connectivity index (χ1) is 6.70. The van der Waals surface area contributed by atoms with Crippen molar-refractivity contribution in [2.75, 3.05) is 6.26 Å².